The smallest absolute Gasteiger partial charge is 0.335 e. The minimum atomic E-state index is -0.804. The zero-order valence-corrected chi connectivity index (χ0v) is 16.7. The number of phenolic OH excluding ortho intramolecular Hbond substituents is 1. The Morgan fingerprint density at radius 1 is 1.06 bits per heavy atom. The van der Waals surface area contributed by atoms with Crippen molar-refractivity contribution in [3.8, 4) is 28.8 Å². The van der Waals surface area contributed by atoms with Gasteiger partial charge in [-0.05, 0) is 29.8 Å². The van der Waals surface area contributed by atoms with E-state index in [1.807, 2.05) is 0 Å². The lowest BCUT2D eigenvalue weighted by atomic mass is 9.99. The molecule has 1 atom stereocenters. The number of hydrazone groups is 1. The Bertz CT molecular complexity index is 1290. The Morgan fingerprint density at radius 3 is 2.55 bits per heavy atom. The lowest BCUT2D eigenvalue weighted by Gasteiger charge is -2.14. The van der Waals surface area contributed by atoms with Crippen molar-refractivity contribution in [2.45, 2.75) is 12.5 Å². The van der Waals surface area contributed by atoms with Crippen molar-refractivity contribution in [1.29, 1.82) is 0 Å². The van der Waals surface area contributed by atoms with Gasteiger partial charge in [0.2, 0.25) is 5.88 Å². The van der Waals surface area contributed by atoms with Gasteiger partial charge in [-0.15, -0.1) is 0 Å². The average molecular weight is 424 g/mol. The molecule has 0 bridgehead atoms. The summed E-state index contributed by atoms with van der Waals surface area (Å²) >= 11 is 0. The number of nitrogens with one attached hydrogen (secondary N) is 2. The van der Waals surface area contributed by atoms with Crippen LogP contribution in [0.1, 0.15) is 23.6 Å². The zero-order chi connectivity index (χ0) is 22.1. The first kappa shape index (κ1) is 20.1. The summed E-state index contributed by atoms with van der Waals surface area (Å²) in [5.41, 5.74) is 2.56. The van der Waals surface area contributed by atoms with Crippen molar-refractivity contribution in [2.24, 2.45) is 5.10 Å². The number of rotatable bonds is 5. The summed E-state index contributed by atoms with van der Waals surface area (Å²) < 4.78 is 11.4. The van der Waals surface area contributed by atoms with E-state index in [4.69, 9.17) is 9.47 Å². The van der Waals surface area contributed by atoms with Gasteiger partial charge in [-0.25, -0.2) is 9.36 Å². The zero-order valence-electron chi connectivity index (χ0n) is 16.7. The molecule has 0 saturated carbocycles. The largest absolute Gasteiger partial charge is 0.504 e. The molecule has 0 amide bonds. The van der Waals surface area contributed by atoms with Gasteiger partial charge in [0.05, 0.1) is 31.7 Å². The molecule has 0 unspecified atom stereocenters. The van der Waals surface area contributed by atoms with Crippen molar-refractivity contribution in [3.63, 3.8) is 0 Å². The Kier molecular flexibility index (Phi) is 5.12. The molecule has 0 radical (unpaired) electrons. The summed E-state index contributed by atoms with van der Waals surface area (Å²) in [5, 5.41) is 24.9. The molecule has 2 heterocycles. The summed E-state index contributed by atoms with van der Waals surface area (Å²) in [6.45, 7) is 0. The molecule has 10 nitrogen and oxygen atoms in total. The minimum Gasteiger partial charge on any atom is -0.504 e. The maximum Gasteiger partial charge on any atom is 0.335 e. The number of ether oxygens (including phenoxy) is 2. The second-order valence-corrected chi connectivity index (χ2v) is 6.84. The third-order valence-electron chi connectivity index (χ3n) is 5.06. The summed E-state index contributed by atoms with van der Waals surface area (Å²) in [7, 11) is 2.89. The van der Waals surface area contributed by atoms with Crippen LogP contribution in [0, 0.1) is 0 Å². The molecule has 0 aliphatic carbocycles. The fourth-order valence-electron chi connectivity index (χ4n) is 3.52. The minimum absolute atomic E-state index is 0.00311. The fourth-order valence-corrected chi connectivity index (χ4v) is 3.52. The van der Waals surface area contributed by atoms with Crippen LogP contribution < -0.4 is 26.1 Å². The van der Waals surface area contributed by atoms with Crippen LogP contribution in [0.5, 0.6) is 23.1 Å². The van der Waals surface area contributed by atoms with E-state index in [9.17, 15) is 19.8 Å². The van der Waals surface area contributed by atoms with Crippen LogP contribution in [0.3, 0.4) is 0 Å². The lowest BCUT2D eigenvalue weighted by molar-refractivity contribution is 0.372. The molecular weight excluding hydrogens is 404 g/mol. The van der Waals surface area contributed by atoms with Crippen molar-refractivity contribution in [2.75, 3.05) is 14.2 Å². The topological polar surface area (TPSA) is 138 Å². The molecule has 3 aromatic rings. The third-order valence-corrected chi connectivity index (χ3v) is 5.06. The Hall–Kier alpha value is -4.21. The van der Waals surface area contributed by atoms with Crippen LogP contribution in [-0.4, -0.2) is 39.7 Å². The number of aromatic amines is 1. The number of hydrogen-bond donors (Lipinski definition) is 4. The van der Waals surface area contributed by atoms with E-state index in [2.05, 4.69) is 15.5 Å². The predicted molar refractivity (Wildman–Crippen MR) is 113 cm³/mol. The first-order valence-electron chi connectivity index (χ1n) is 9.35. The summed E-state index contributed by atoms with van der Waals surface area (Å²) in [6, 6.07) is 11.2. The number of H-pyrrole nitrogens is 1. The van der Waals surface area contributed by atoms with Crippen LogP contribution in [0.4, 0.5) is 0 Å². The van der Waals surface area contributed by atoms with Crippen LogP contribution >= 0.6 is 0 Å². The van der Waals surface area contributed by atoms with E-state index < -0.39 is 17.1 Å². The molecule has 1 aliphatic rings. The van der Waals surface area contributed by atoms with Crippen molar-refractivity contribution in [1.82, 2.24) is 15.0 Å². The number of benzene rings is 2. The Balaban J connectivity index is 1.75. The third kappa shape index (κ3) is 3.48. The molecule has 1 aromatic heterocycles. The van der Waals surface area contributed by atoms with Gasteiger partial charge < -0.3 is 25.1 Å². The fraction of sp³-hybridized carbons (Fsp3) is 0.190. The number of phenols is 1. The maximum absolute atomic E-state index is 12.6. The molecule has 4 rings (SSSR count). The average Bonchev–Trinajstić information content (AvgIpc) is 3.23. The second-order valence-electron chi connectivity index (χ2n) is 6.84. The number of aromatic nitrogens is 2. The second kappa shape index (κ2) is 7.90. The van der Waals surface area contributed by atoms with Gasteiger partial charge in [0.1, 0.15) is 11.3 Å². The van der Waals surface area contributed by atoms with Crippen LogP contribution in [0.15, 0.2) is 57.2 Å². The Morgan fingerprint density at radius 2 is 1.81 bits per heavy atom. The van der Waals surface area contributed by atoms with Gasteiger partial charge in [-0.2, -0.15) is 5.10 Å². The van der Waals surface area contributed by atoms with Crippen LogP contribution in [0.25, 0.3) is 5.69 Å². The van der Waals surface area contributed by atoms with Crippen molar-refractivity contribution < 1.29 is 19.7 Å². The summed E-state index contributed by atoms with van der Waals surface area (Å²) in [6.07, 6.45) is 0.259. The molecule has 0 spiro atoms. The number of aromatic hydroxyl groups is 2. The van der Waals surface area contributed by atoms with Gasteiger partial charge in [-0.3, -0.25) is 9.78 Å². The van der Waals surface area contributed by atoms with Crippen LogP contribution in [-0.2, 0) is 0 Å². The molecule has 0 fully saturated rings. The number of hydrogen-bond acceptors (Lipinski definition) is 8. The molecule has 1 aliphatic heterocycles. The van der Waals surface area contributed by atoms with Gasteiger partial charge in [0, 0.05) is 6.42 Å². The molecular formula is C21H20N4O6. The van der Waals surface area contributed by atoms with Crippen molar-refractivity contribution >= 4 is 5.71 Å². The standard InChI is InChI=1S/C21H20N4O6/c1-30-16-6-4-3-5-14(16)25-20(28)18(19(27)22-21(25)29)13-10-12(23-24-13)11-7-8-15(26)17(9-11)31-2/h3-9,12,23,26,28H,10H2,1-2H3,(H,22,27,29)/t12-/m0/s1. The maximum atomic E-state index is 12.6. The van der Waals surface area contributed by atoms with Gasteiger partial charge in [0.15, 0.2) is 11.5 Å². The van der Waals surface area contributed by atoms with E-state index in [0.717, 1.165) is 10.1 Å². The summed E-state index contributed by atoms with van der Waals surface area (Å²) in [4.78, 5) is 27.3. The van der Waals surface area contributed by atoms with Crippen molar-refractivity contribution in [3.05, 3.63) is 74.4 Å². The quantitative estimate of drug-likeness (QED) is 0.486. The van der Waals surface area contributed by atoms with Gasteiger partial charge >= 0.3 is 5.69 Å². The highest BCUT2D eigenvalue weighted by Crippen LogP contribution is 2.33. The van der Waals surface area contributed by atoms with E-state index in [1.165, 1.54) is 20.3 Å². The number of para-hydroxylation sites is 2. The molecule has 0 saturated heterocycles. The predicted octanol–water partition coefficient (Wildman–Crippen LogP) is 1.39. The van der Waals surface area contributed by atoms with Gasteiger partial charge in [0.25, 0.3) is 5.56 Å². The molecule has 2 aromatic carbocycles. The van der Waals surface area contributed by atoms with E-state index in [1.54, 1.807) is 36.4 Å². The van der Waals surface area contributed by atoms with E-state index >= 15 is 0 Å². The van der Waals surface area contributed by atoms with Crippen LogP contribution in [0.2, 0.25) is 0 Å². The van der Waals surface area contributed by atoms with E-state index in [-0.39, 0.29) is 35.2 Å². The first-order valence-corrected chi connectivity index (χ1v) is 9.35. The lowest BCUT2D eigenvalue weighted by Crippen LogP contribution is -2.33. The highest BCUT2D eigenvalue weighted by molar-refractivity contribution is 6.03. The highest BCUT2D eigenvalue weighted by atomic mass is 16.5. The number of methoxy groups -OCH3 is 2. The molecule has 31 heavy (non-hydrogen) atoms. The normalized spacial score (nSPS) is 15.3. The molecule has 4 N–H and O–H groups in total. The molecule has 10 heteroatoms. The molecule has 160 valence electrons. The SMILES string of the molecule is COc1cc([C@@H]2CC(c3c(O)n(-c4ccccc4OC)c(=O)[nH]c3=O)=NN2)ccc1O. The monoisotopic (exact) mass is 424 g/mol. The van der Waals surface area contributed by atoms with Gasteiger partial charge in [-0.1, -0.05) is 18.2 Å². The highest BCUT2D eigenvalue weighted by Gasteiger charge is 2.28. The first-order chi connectivity index (χ1) is 14.9. The van der Waals surface area contributed by atoms with E-state index in [0.29, 0.717) is 11.5 Å². The summed E-state index contributed by atoms with van der Waals surface area (Å²) in [5.74, 6) is 0.114. The number of nitrogens with zero attached hydrogens (tertiary/aromatic N) is 2. The Labute approximate surface area is 176 Å².